The average Bonchev–Trinajstić information content (AvgIpc) is 2.93. The Morgan fingerprint density at radius 2 is 2.19 bits per heavy atom. The van der Waals surface area contributed by atoms with Crippen molar-refractivity contribution < 1.29 is 14.7 Å². The molecule has 3 N–H and O–H groups in total. The molecule has 1 saturated carbocycles. The second-order valence-corrected chi connectivity index (χ2v) is 6.41. The number of hydrogen-bond acceptors (Lipinski definition) is 4. The Morgan fingerprint density at radius 3 is 2.85 bits per heavy atom. The lowest BCUT2D eigenvalue weighted by Crippen LogP contribution is -2.25. The fourth-order valence-corrected chi connectivity index (χ4v) is 2.98. The average molecular weight is 354 g/mol. The van der Waals surface area contributed by atoms with E-state index < -0.39 is 5.91 Å². The molecule has 0 aliphatic heterocycles. The van der Waals surface area contributed by atoms with Gasteiger partial charge in [-0.15, -0.1) is 0 Å². The monoisotopic (exact) mass is 354 g/mol. The van der Waals surface area contributed by atoms with Crippen LogP contribution in [0.4, 0.5) is 5.69 Å². The van der Waals surface area contributed by atoms with E-state index in [9.17, 15) is 14.7 Å². The summed E-state index contributed by atoms with van der Waals surface area (Å²) in [5, 5.41) is 19.5. The van der Waals surface area contributed by atoms with Crippen LogP contribution in [-0.4, -0.2) is 26.7 Å². The second-order valence-electron chi connectivity index (χ2n) is 6.41. The topological polar surface area (TPSA) is 96.3 Å². The molecular formula is C19H22N4O3. The number of amides is 2. The molecular weight excluding hydrogens is 332 g/mol. The van der Waals surface area contributed by atoms with Gasteiger partial charge in [0, 0.05) is 12.6 Å². The molecule has 0 unspecified atom stereocenters. The standard InChI is InChI=1S/C19H22N4O3/c1-3-18(25)22-15-9-13(7-8-17(15)24)19(26)20-11-16-14(10-21-23(16)2)12-5-4-6-12/h3,7-10,12,24H,1,4-6,11H2,2H3,(H,20,26)(H,22,25). The Morgan fingerprint density at radius 1 is 1.42 bits per heavy atom. The number of carbonyl (C=O) groups excluding carboxylic acids is 2. The number of hydrogen-bond donors (Lipinski definition) is 3. The van der Waals surface area contributed by atoms with Gasteiger partial charge < -0.3 is 15.7 Å². The summed E-state index contributed by atoms with van der Waals surface area (Å²) in [5.41, 5.74) is 2.71. The van der Waals surface area contributed by atoms with Gasteiger partial charge in [0.25, 0.3) is 5.91 Å². The zero-order valence-electron chi connectivity index (χ0n) is 14.7. The van der Waals surface area contributed by atoms with Crippen LogP contribution in [0.25, 0.3) is 0 Å². The molecule has 3 rings (SSSR count). The van der Waals surface area contributed by atoms with Crippen LogP contribution in [-0.2, 0) is 18.4 Å². The first kappa shape index (κ1) is 17.7. The highest BCUT2D eigenvalue weighted by Crippen LogP contribution is 2.37. The van der Waals surface area contributed by atoms with Gasteiger partial charge in [-0.3, -0.25) is 14.3 Å². The molecule has 1 aliphatic carbocycles. The van der Waals surface area contributed by atoms with Gasteiger partial charge in [0.15, 0.2) is 0 Å². The van der Waals surface area contributed by atoms with Gasteiger partial charge in [-0.2, -0.15) is 5.10 Å². The van der Waals surface area contributed by atoms with Gasteiger partial charge in [-0.05, 0) is 48.6 Å². The van der Waals surface area contributed by atoms with Crippen molar-refractivity contribution in [1.82, 2.24) is 15.1 Å². The number of carbonyl (C=O) groups is 2. The summed E-state index contributed by atoms with van der Waals surface area (Å²) in [6.07, 6.45) is 6.54. The van der Waals surface area contributed by atoms with E-state index in [2.05, 4.69) is 22.3 Å². The summed E-state index contributed by atoms with van der Waals surface area (Å²) in [6.45, 7) is 3.73. The summed E-state index contributed by atoms with van der Waals surface area (Å²) >= 11 is 0. The molecule has 26 heavy (non-hydrogen) atoms. The van der Waals surface area contributed by atoms with Crippen molar-refractivity contribution in [2.24, 2.45) is 7.05 Å². The van der Waals surface area contributed by atoms with Crippen molar-refractivity contribution in [2.45, 2.75) is 31.7 Å². The molecule has 1 aromatic carbocycles. The molecule has 0 radical (unpaired) electrons. The Balaban J connectivity index is 1.71. The van der Waals surface area contributed by atoms with Crippen molar-refractivity contribution in [3.8, 4) is 5.75 Å². The van der Waals surface area contributed by atoms with Gasteiger partial charge >= 0.3 is 0 Å². The minimum absolute atomic E-state index is 0.115. The number of aromatic nitrogens is 2. The minimum atomic E-state index is -0.460. The summed E-state index contributed by atoms with van der Waals surface area (Å²) in [6, 6.07) is 4.31. The molecule has 2 amide bonds. The first-order chi connectivity index (χ1) is 12.5. The molecule has 0 saturated heterocycles. The molecule has 7 nitrogen and oxygen atoms in total. The lowest BCUT2D eigenvalue weighted by molar-refractivity contribution is -0.111. The Hall–Kier alpha value is -3.09. The fourth-order valence-electron chi connectivity index (χ4n) is 2.98. The second kappa shape index (κ2) is 7.43. The van der Waals surface area contributed by atoms with Gasteiger partial charge in [-0.1, -0.05) is 13.0 Å². The highest BCUT2D eigenvalue weighted by Gasteiger charge is 2.24. The smallest absolute Gasteiger partial charge is 0.251 e. The normalized spacial score (nSPS) is 13.7. The molecule has 0 atom stereocenters. The van der Waals surface area contributed by atoms with Crippen LogP contribution in [0.15, 0.2) is 37.1 Å². The zero-order chi connectivity index (χ0) is 18.7. The zero-order valence-corrected chi connectivity index (χ0v) is 14.7. The summed E-state index contributed by atoms with van der Waals surface area (Å²) in [4.78, 5) is 23.9. The lowest BCUT2D eigenvalue weighted by Gasteiger charge is -2.25. The summed E-state index contributed by atoms with van der Waals surface area (Å²) in [5.74, 6) is -0.335. The molecule has 7 heteroatoms. The van der Waals surface area contributed by atoms with E-state index in [1.165, 1.54) is 30.2 Å². The van der Waals surface area contributed by atoms with Crippen molar-refractivity contribution >= 4 is 17.5 Å². The molecule has 1 aromatic heterocycles. The number of aryl methyl sites for hydroxylation is 1. The minimum Gasteiger partial charge on any atom is -0.506 e. The third-order valence-electron chi connectivity index (χ3n) is 4.76. The third kappa shape index (κ3) is 3.61. The molecule has 1 aliphatic rings. The van der Waals surface area contributed by atoms with Gasteiger partial charge in [0.05, 0.1) is 24.1 Å². The van der Waals surface area contributed by atoms with E-state index in [4.69, 9.17) is 0 Å². The molecule has 136 valence electrons. The maximum Gasteiger partial charge on any atom is 0.251 e. The van der Waals surface area contributed by atoms with Crippen LogP contribution in [0.5, 0.6) is 5.75 Å². The van der Waals surface area contributed by atoms with Crippen molar-refractivity contribution in [2.75, 3.05) is 5.32 Å². The number of phenols is 1. The van der Waals surface area contributed by atoms with E-state index in [0.717, 1.165) is 24.6 Å². The number of phenolic OH excluding ortho intramolecular Hbond substituents is 1. The third-order valence-corrected chi connectivity index (χ3v) is 4.76. The quantitative estimate of drug-likeness (QED) is 0.548. The predicted molar refractivity (Wildman–Crippen MR) is 97.9 cm³/mol. The van der Waals surface area contributed by atoms with Crippen LogP contribution in [0.3, 0.4) is 0 Å². The van der Waals surface area contributed by atoms with Crippen LogP contribution in [0, 0.1) is 0 Å². The SMILES string of the molecule is C=CC(=O)Nc1cc(C(=O)NCc2c(C3CCC3)cnn2C)ccc1O. The van der Waals surface area contributed by atoms with Gasteiger partial charge in [0.2, 0.25) is 5.91 Å². The lowest BCUT2D eigenvalue weighted by atomic mass is 9.80. The largest absolute Gasteiger partial charge is 0.506 e. The van der Waals surface area contributed by atoms with Crippen molar-refractivity contribution in [3.05, 3.63) is 53.9 Å². The number of benzene rings is 1. The van der Waals surface area contributed by atoms with Gasteiger partial charge in [-0.25, -0.2) is 0 Å². The first-order valence-electron chi connectivity index (χ1n) is 8.55. The molecule has 1 heterocycles. The van der Waals surface area contributed by atoms with Crippen molar-refractivity contribution in [1.29, 1.82) is 0 Å². The molecule has 1 fully saturated rings. The van der Waals surface area contributed by atoms with E-state index in [-0.39, 0.29) is 17.3 Å². The summed E-state index contributed by atoms with van der Waals surface area (Å²) < 4.78 is 1.79. The van der Waals surface area contributed by atoms with Crippen molar-refractivity contribution in [3.63, 3.8) is 0 Å². The Kier molecular flexibility index (Phi) is 5.06. The Labute approximate surface area is 151 Å². The number of aromatic hydroxyl groups is 1. The first-order valence-corrected chi connectivity index (χ1v) is 8.55. The maximum atomic E-state index is 12.5. The number of nitrogens with one attached hydrogen (secondary N) is 2. The van der Waals surface area contributed by atoms with E-state index in [1.54, 1.807) is 4.68 Å². The number of nitrogens with zero attached hydrogens (tertiary/aromatic N) is 2. The number of rotatable bonds is 6. The molecule has 0 bridgehead atoms. The van der Waals surface area contributed by atoms with Gasteiger partial charge in [0.1, 0.15) is 5.75 Å². The highest BCUT2D eigenvalue weighted by molar-refractivity contribution is 6.02. The fraction of sp³-hybridized carbons (Fsp3) is 0.316. The van der Waals surface area contributed by atoms with E-state index >= 15 is 0 Å². The van der Waals surface area contributed by atoms with Crippen LogP contribution >= 0.6 is 0 Å². The van der Waals surface area contributed by atoms with Crippen LogP contribution in [0.2, 0.25) is 0 Å². The van der Waals surface area contributed by atoms with E-state index in [0.29, 0.717) is 18.0 Å². The van der Waals surface area contributed by atoms with Crippen LogP contribution in [0.1, 0.15) is 46.8 Å². The Bertz CT molecular complexity index is 852. The maximum absolute atomic E-state index is 12.5. The summed E-state index contributed by atoms with van der Waals surface area (Å²) in [7, 11) is 1.87. The van der Waals surface area contributed by atoms with E-state index in [1.807, 2.05) is 13.2 Å². The van der Waals surface area contributed by atoms with Crippen LogP contribution < -0.4 is 10.6 Å². The molecule has 2 aromatic rings. The molecule has 0 spiro atoms. The predicted octanol–water partition coefficient (Wildman–Crippen LogP) is 2.45. The number of anilines is 1. The highest BCUT2D eigenvalue weighted by atomic mass is 16.3.